The fraction of sp³-hybridized carbons (Fsp3) is 0.312. The summed E-state index contributed by atoms with van der Waals surface area (Å²) in [4.78, 5) is 27.8. The Kier molecular flexibility index (Phi) is 5.08. The maximum atomic E-state index is 12.3. The highest BCUT2D eigenvalue weighted by Crippen LogP contribution is 2.15. The van der Waals surface area contributed by atoms with Gasteiger partial charge < -0.3 is 10.4 Å². The Balaban J connectivity index is 2.17. The second-order valence-corrected chi connectivity index (χ2v) is 6.26. The third-order valence-corrected chi connectivity index (χ3v) is 2.99. The van der Waals surface area contributed by atoms with Gasteiger partial charge in [-0.05, 0) is 17.5 Å². The third-order valence-electron chi connectivity index (χ3n) is 2.99. The van der Waals surface area contributed by atoms with E-state index in [0.717, 1.165) is 0 Å². The van der Waals surface area contributed by atoms with E-state index in [-0.39, 0.29) is 11.1 Å². The Hall–Kier alpha value is -3.03. The molecule has 24 heavy (non-hydrogen) atoms. The van der Waals surface area contributed by atoms with Crippen molar-refractivity contribution in [1.82, 2.24) is 25.1 Å². The van der Waals surface area contributed by atoms with Crippen LogP contribution in [0.3, 0.4) is 0 Å². The van der Waals surface area contributed by atoms with Crippen molar-refractivity contribution in [3.05, 3.63) is 48.7 Å². The lowest BCUT2D eigenvalue weighted by atomic mass is 9.95. The fourth-order valence-electron chi connectivity index (χ4n) is 1.80. The van der Waals surface area contributed by atoms with Crippen molar-refractivity contribution in [3.63, 3.8) is 0 Å². The van der Waals surface area contributed by atoms with E-state index in [1.165, 1.54) is 24.8 Å². The number of carboxylic acids is 1. The normalized spacial score (nSPS) is 13.0. The Labute approximate surface area is 139 Å². The zero-order valence-electron chi connectivity index (χ0n) is 13.7. The summed E-state index contributed by atoms with van der Waals surface area (Å²) in [6, 6.07) is 3.72. The van der Waals surface area contributed by atoms with Crippen LogP contribution >= 0.6 is 0 Å². The van der Waals surface area contributed by atoms with Gasteiger partial charge in [-0.3, -0.25) is 9.36 Å². The number of aliphatic carboxylic acids is 1. The van der Waals surface area contributed by atoms with Crippen molar-refractivity contribution in [3.8, 4) is 5.82 Å². The number of hydrogen-bond acceptors (Lipinski definition) is 5. The second kappa shape index (κ2) is 7.03. The SMILES string of the molecule is CC(C)(C)/C=C/C(NC(=O)c1cccc(-n2cnnc2)n1)C(=O)O. The minimum Gasteiger partial charge on any atom is -0.479 e. The molecular weight excluding hydrogens is 310 g/mol. The number of amides is 1. The van der Waals surface area contributed by atoms with E-state index < -0.39 is 17.9 Å². The molecule has 0 spiro atoms. The summed E-state index contributed by atoms with van der Waals surface area (Å²) < 4.78 is 1.55. The quantitative estimate of drug-likeness (QED) is 0.803. The van der Waals surface area contributed by atoms with Crippen LogP contribution in [0.1, 0.15) is 31.3 Å². The van der Waals surface area contributed by atoms with Gasteiger partial charge in [0.2, 0.25) is 0 Å². The predicted octanol–water partition coefficient (Wildman–Crippen LogP) is 1.45. The van der Waals surface area contributed by atoms with Crippen molar-refractivity contribution in [1.29, 1.82) is 0 Å². The average Bonchev–Trinajstić information content (AvgIpc) is 3.04. The van der Waals surface area contributed by atoms with Crippen molar-refractivity contribution >= 4 is 11.9 Å². The van der Waals surface area contributed by atoms with Gasteiger partial charge in [0.15, 0.2) is 0 Å². The average molecular weight is 329 g/mol. The van der Waals surface area contributed by atoms with Crippen molar-refractivity contribution in [2.45, 2.75) is 26.8 Å². The molecular formula is C16H19N5O3. The van der Waals surface area contributed by atoms with Crippen LogP contribution in [0.4, 0.5) is 0 Å². The van der Waals surface area contributed by atoms with Crippen LogP contribution in [0, 0.1) is 5.41 Å². The van der Waals surface area contributed by atoms with E-state index in [2.05, 4.69) is 20.5 Å². The first-order valence-corrected chi connectivity index (χ1v) is 7.31. The highest BCUT2D eigenvalue weighted by Gasteiger charge is 2.20. The molecule has 2 N–H and O–H groups in total. The maximum absolute atomic E-state index is 12.3. The van der Waals surface area contributed by atoms with Gasteiger partial charge in [-0.25, -0.2) is 9.78 Å². The standard InChI is InChI=1S/C16H19N5O3/c1-16(2,3)8-7-12(15(23)24)20-14(22)11-5-4-6-13(19-11)21-9-17-18-10-21/h4-10,12H,1-3H3,(H,20,22)(H,23,24)/b8-7+. The third kappa shape index (κ3) is 4.73. The minimum absolute atomic E-state index is 0.108. The zero-order chi connectivity index (χ0) is 17.7. The van der Waals surface area contributed by atoms with E-state index in [9.17, 15) is 14.7 Å². The maximum Gasteiger partial charge on any atom is 0.330 e. The second-order valence-electron chi connectivity index (χ2n) is 6.26. The van der Waals surface area contributed by atoms with Gasteiger partial charge in [0.05, 0.1) is 0 Å². The molecule has 0 saturated heterocycles. The van der Waals surface area contributed by atoms with E-state index in [1.807, 2.05) is 20.8 Å². The summed E-state index contributed by atoms with van der Waals surface area (Å²) in [6.45, 7) is 5.82. The Morgan fingerprint density at radius 1 is 1.25 bits per heavy atom. The van der Waals surface area contributed by atoms with E-state index in [4.69, 9.17) is 0 Å². The molecule has 2 aromatic heterocycles. The molecule has 126 valence electrons. The highest BCUT2D eigenvalue weighted by atomic mass is 16.4. The first-order chi connectivity index (χ1) is 11.3. The van der Waals surface area contributed by atoms with Gasteiger partial charge >= 0.3 is 5.97 Å². The molecule has 0 aliphatic heterocycles. The molecule has 8 heteroatoms. The number of carbonyl (C=O) groups is 2. The van der Waals surface area contributed by atoms with Crippen LogP contribution in [-0.2, 0) is 4.79 Å². The van der Waals surface area contributed by atoms with Gasteiger partial charge in [-0.15, -0.1) is 10.2 Å². The van der Waals surface area contributed by atoms with Crippen molar-refractivity contribution < 1.29 is 14.7 Å². The molecule has 0 aliphatic rings. The van der Waals surface area contributed by atoms with E-state index >= 15 is 0 Å². The lowest BCUT2D eigenvalue weighted by molar-refractivity contribution is -0.137. The fourth-order valence-corrected chi connectivity index (χ4v) is 1.80. The van der Waals surface area contributed by atoms with E-state index in [0.29, 0.717) is 5.82 Å². The molecule has 2 aromatic rings. The summed E-state index contributed by atoms with van der Waals surface area (Å²) in [5, 5.41) is 19.1. The van der Waals surface area contributed by atoms with Gasteiger partial charge in [-0.2, -0.15) is 0 Å². The number of pyridine rings is 1. The van der Waals surface area contributed by atoms with E-state index in [1.54, 1.807) is 22.8 Å². The van der Waals surface area contributed by atoms with Crippen LogP contribution in [0.5, 0.6) is 0 Å². The van der Waals surface area contributed by atoms with Crippen LogP contribution in [-0.4, -0.2) is 42.8 Å². The zero-order valence-corrected chi connectivity index (χ0v) is 13.7. The number of allylic oxidation sites excluding steroid dienone is 1. The number of carbonyl (C=O) groups excluding carboxylic acids is 1. The number of rotatable bonds is 5. The number of nitrogens with one attached hydrogen (secondary N) is 1. The summed E-state index contributed by atoms with van der Waals surface area (Å²) in [5.74, 6) is -1.25. The van der Waals surface area contributed by atoms with Gasteiger partial charge in [0.25, 0.3) is 5.91 Å². The first-order valence-electron chi connectivity index (χ1n) is 7.31. The summed E-state index contributed by atoms with van der Waals surface area (Å²) in [6.07, 6.45) is 6.11. The molecule has 8 nitrogen and oxygen atoms in total. The van der Waals surface area contributed by atoms with Crippen molar-refractivity contribution in [2.24, 2.45) is 5.41 Å². The number of aromatic nitrogens is 4. The first kappa shape index (κ1) is 17.3. The van der Waals surface area contributed by atoms with Crippen LogP contribution in [0.15, 0.2) is 43.0 Å². The largest absolute Gasteiger partial charge is 0.479 e. The number of carboxylic acid groups (broad SMARTS) is 1. The summed E-state index contributed by atoms with van der Waals surface area (Å²) in [7, 11) is 0. The summed E-state index contributed by atoms with van der Waals surface area (Å²) >= 11 is 0. The predicted molar refractivity (Wildman–Crippen MR) is 86.6 cm³/mol. The molecule has 0 fully saturated rings. The van der Waals surface area contributed by atoms with Crippen LogP contribution < -0.4 is 5.32 Å². The highest BCUT2D eigenvalue weighted by molar-refractivity contribution is 5.95. The molecule has 1 unspecified atom stereocenters. The monoisotopic (exact) mass is 329 g/mol. The Morgan fingerprint density at radius 2 is 1.92 bits per heavy atom. The molecule has 2 heterocycles. The Morgan fingerprint density at radius 3 is 2.50 bits per heavy atom. The van der Waals surface area contributed by atoms with Crippen LogP contribution in [0.2, 0.25) is 0 Å². The minimum atomic E-state index is -1.14. The van der Waals surface area contributed by atoms with Gasteiger partial charge in [0.1, 0.15) is 30.2 Å². The molecule has 0 aromatic carbocycles. The molecule has 0 aliphatic carbocycles. The molecule has 0 radical (unpaired) electrons. The molecule has 2 rings (SSSR count). The van der Waals surface area contributed by atoms with Crippen molar-refractivity contribution in [2.75, 3.05) is 0 Å². The lowest BCUT2D eigenvalue weighted by Gasteiger charge is -2.15. The van der Waals surface area contributed by atoms with Gasteiger partial charge in [-0.1, -0.05) is 39.0 Å². The smallest absolute Gasteiger partial charge is 0.330 e. The lowest BCUT2D eigenvalue weighted by Crippen LogP contribution is -2.40. The van der Waals surface area contributed by atoms with Gasteiger partial charge in [0, 0.05) is 0 Å². The molecule has 0 saturated carbocycles. The molecule has 0 bridgehead atoms. The molecule has 1 amide bonds. The summed E-state index contributed by atoms with van der Waals surface area (Å²) in [5.41, 5.74) is -0.0815. The Bertz CT molecular complexity index is 747. The molecule has 1 atom stereocenters. The van der Waals surface area contributed by atoms with Crippen LogP contribution in [0.25, 0.3) is 5.82 Å². The number of nitrogens with zero attached hydrogens (tertiary/aromatic N) is 4. The number of hydrogen-bond donors (Lipinski definition) is 2. The topological polar surface area (TPSA) is 110 Å².